The quantitative estimate of drug-likeness (QED) is 0.842. The van der Waals surface area contributed by atoms with Gasteiger partial charge >= 0.3 is 0 Å². The van der Waals surface area contributed by atoms with Crippen LogP contribution in [0.4, 0.5) is 10.1 Å². The van der Waals surface area contributed by atoms with Crippen molar-refractivity contribution in [2.24, 2.45) is 0 Å². The minimum absolute atomic E-state index is 0.130. The molecule has 0 aliphatic rings. The molecule has 0 aromatic heterocycles. The zero-order valence-electron chi connectivity index (χ0n) is 9.56. The number of rotatable bonds is 3. The first kappa shape index (κ1) is 11.9. The lowest BCUT2D eigenvalue weighted by Crippen LogP contribution is -1.98. The van der Waals surface area contributed by atoms with Crippen LogP contribution in [0.25, 0.3) is 0 Å². The zero-order chi connectivity index (χ0) is 13.0. The number of hydrogen-bond donors (Lipinski definition) is 1. The fraction of sp³-hybridized carbons (Fsp3) is 0.0714. The molecule has 2 aromatic carbocycles. The van der Waals surface area contributed by atoms with E-state index >= 15 is 0 Å². The molecule has 0 bridgehead atoms. The maximum atomic E-state index is 13.5. The Morgan fingerprint density at radius 3 is 2.50 bits per heavy atom. The second-order valence-electron chi connectivity index (χ2n) is 3.79. The summed E-state index contributed by atoms with van der Waals surface area (Å²) in [5, 5.41) is 8.62. The van der Waals surface area contributed by atoms with Crippen molar-refractivity contribution < 1.29 is 9.13 Å². The SMILES string of the molecule is N#Cc1ccc(OCc2ccc(N)cc2)c(F)c1. The van der Waals surface area contributed by atoms with Crippen LogP contribution in [0.3, 0.4) is 0 Å². The van der Waals surface area contributed by atoms with Gasteiger partial charge in [-0.05, 0) is 35.9 Å². The second kappa shape index (κ2) is 5.19. The molecule has 0 aliphatic heterocycles. The molecule has 0 radical (unpaired) electrons. The van der Waals surface area contributed by atoms with Crippen LogP contribution >= 0.6 is 0 Å². The number of halogens is 1. The number of nitrogen functional groups attached to an aromatic ring is 1. The number of ether oxygens (including phenoxy) is 1. The van der Waals surface area contributed by atoms with E-state index in [1.165, 1.54) is 12.1 Å². The fourth-order valence-corrected chi connectivity index (χ4v) is 1.46. The van der Waals surface area contributed by atoms with Crippen LogP contribution in [0.1, 0.15) is 11.1 Å². The van der Waals surface area contributed by atoms with Gasteiger partial charge in [0, 0.05) is 5.69 Å². The molecule has 0 unspecified atom stereocenters. The van der Waals surface area contributed by atoms with Crippen molar-refractivity contribution in [3.63, 3.8) is 0 Å². The van der Waals surface area contributed by atoms with Gasteiger partial charge in [-0.15, -0.1) is 0 Å². The molecular formula is C14H11FN2O. The Labute approximate surface area is 104 Å². The van der Waals surface area contributed by atoms with E-state index in [-0.39, 0.29) is 17.9 Å². The molecule has 18 heavy (non-hydrogen) atoms. The Balaban J connectivity index is 2.06. The van der Waals surface area contributed by atoms with Gasteiger partial charge in [-0.2, -0.15) is 5.26 Å². The number of hydrogen-bond acceptors (Lipinski definition) is 3. The highest BCUT2D eigenvalue weighted by molar-refractivity contribution is 5.39. The van der Waals surface area contributed by atoms with E-state index in [1.54, 1.807) is 12.1 Å². The van der Waals surface area contributed by atoms with Gasteiger partial charge in [-0.1, -0.05) is 12.1 Å². The van der Waals surface area contributed by atoms with Gasteiger partial charge in [-0.3, -0.25) is 0 Å². The summed E-state index contributed by atoms with van der Waals surface area (Å²) >= 11 is 0. The fourth-order valence-electron chi connectivity index (χ4n) is 1.46. The molecule has 4 heteroatoms. The summed E-state index contributed by atoms with van der Waals surface area (Å²) in [6, 6.07) is 13.1. The summed E-state index contributed by atoms with van der Waals surface area (Å²) in [6.45, 7) is 0.253. The van der Waals surface area contributed by atoms with Gasteiger partial charge < -0.3 is 10.5 Å². The van der Waals surface area contributed by atoms with Gasteiger partial charge in [0.2, 0.25) is 0 Å². The Morgan fingerprint density at radius 1 is 1.17 bits per heavy atom. The lowest BCUT2D eigenvalue weighted by molar-refractivity contribution is 0.290. The molecular weight excluding hydrogens is 231 g/mol. The van der Waals surface area contributed by atoms with Crippen molar-refractivity contribution in [2.45, 2.75) is 6.61 Å². The van der Waals surface area contributed by atoms with Gasteiger partial charge in [-0.25, -0.2) is 4.39 Å². The maximum absolute atomic E-state index is 13.5. The summed E-state index contributed by atoms with van der Waals surface area (Å²) in [4.78, 5) is 0. The Hall–Kier alpha value is -2.54. The van der Waals surface area contributed by atoms with Crippen molar-refractivity contribution in [1.29, 1.82) is 5.26 Å². The Bertz CT molecular complexity index is 588. The van der Waals surface area contributed by atoms with Crippen LogP contribution in [-0.2, 0) is 6.61 Å². The van der Waals surface area contributed by atoms with Gasteiger partial charge in [0.15, 0.2) is 11.6 Å². The number of benzene rings is 2. The smallest absolute Gasteiger partial charge is 0.166 e. The van der Waals surface area contributed by atoms with Crippen molar-refractivity contribution in [3.05, 3.63) is 59.4 Å². The maximum Gasteiger partial charge on any atom is 0.166 e. The average molecular weight is 242 g/mol. The lowest BCUT2D eigenvalue weighted by Gasteiger charge is -2.07. The molecule has 0 saturated heterocycles. The molecule has 3 nitrogen and oxygen atoms in total. The predicted octanol–water partition coefficient (Wildman–Crippen LogP) is 2.86. The van der Waals surface area contributed by atoms with Crippen LogP contribution in [0, 0.1) is 17.1 Å². The molecule has 0 atom stereocenters. The third-order valence-electron chi connectivity index (χ3n) is 2.44. The van der Waals surface area contributed by atoms with E-state index in [9.17, 15) is 4.39 Å². The molecule has 0 amide bonds. The zero-order valence-corrected chi connectivity index (χ0v) is 9.56. The van der Waals surface area contributed by atoms with E-state index in [4.69, 9.17) is 15.7 Å². The van der Waals surface area contributed by atoms with Crippen LogP contribution in [0.2, 0.25) is 0 Å². The number of nitrogens with zero attached hydrogens (tertiary/aromatic N) is 1. The third kappa shape index (κ3) is 2.77. The topological polar surface area (TPSA) is 59.0 Å². The first-order chi connectivity index (χ1) is 8.69. The summed E-state index contributed by atoms with van der Waals surface area (Å²) in [6.07, 6.45) is 0. The van der Waals surface area contributed by atoms with E-state index in [0.29, 0.717) is 5.69 Å². The van der Waals surface area contributed by atoms with E-state index in [0.717, 1.165) is 11.6 Å². The van der Waals surface area contributed by atoms with E-state index in [2.05, 4.69) is 0 Å². The Morgan fingerprint density at radius 2 is 1.89 bits per heavy atom. The normalized spacial score (nSPS) is 9.78. The second-order valence-corrected chi connectivity index (χ2v) is 3.79. The molecule has 2 N–H and O–H groups in total. The highest BCUT2D eigenvalue weighted by Gasteiger charge is 2.04. The standard InChI is InChI=1S/C14H11FN2O/c15-13-7-11(8-16)3-6-14(13)18-9-10-1-4-12(17)5-2-10/h1-7H,9,17H2. The van der Waals surface area contributed by atoms with Crippen molar-refractivity contribution in [2.75, 3.05) is 5.73 Å². The Kier molecular flexibility index (Phi) is 3.44. The van der Waals surface area contributed by atoms with Crippen LogP contribution in [-0.4, -0.2) is 0 Å². The molecule has 0 spiro atoms. The highest BCUT2D eigenvalue weighted by Crippen LogP contribution is 2.19. The highest BCUT2D eigenvalue weighted by atomic mass is 19.1. The van der Waals surface area contributed by atoms with Crippen LogP contribution in [0.15, 0.2) is 42.5 Å². The monoisotopic (exact) mass is 242 g/mol. The molecule has 0 saturated carbocycles. The number of nitriles is 1. The van der Waals surface area contributed by atoms with Crippen LogP contribution < -0.4 is 10.5 Å². The molecule has 2 aromatic rings. The lowest BCUT2D eigenvalue weighted by atomic mass is 10.2. The first-order valence-electron chi connectivity index (χ1n) is 5.36. The van der Waals surface area contributed by atoms with Crippen molar-refractivity contribution in [1.82, 2.24) is 0 Å². The average Bonchev–Trinajstić information content (AvgIpc) is 2.39. The van der Waals surface area contributed by atoms with Gasteiger partial charge in [0.25, 0.3) is 0 Å². The van der Waals surface area contributed by atoms with Gasteiger partial charge in [0.1, 0.15) is 6.61 Å². The molecule has 90 valence electrons. The van der Waals surface area contributed by atoms with Gasteiger partial charge in [0.05, 0.1) is 11.6 Å². The molecule has 0 aliphatic carbocycles. The number of nitrogens with two attached hydrogens (primary N) is 1. The van der Waals surface area contributed by atoms with E-state index < -0.39 is 5.82 Å². The van der Waals surface area contributed by atoms with Crippen molar-refractivity contribution in [3.8, 4) is 11.8 Å². The first-order valence-corrected chi connectivity index (χ1v) is 5.36. The number of anilines is 1. The van der Waals surface area contributed by atoms with Crippen molar-refractivity contribution >= 4 is 5.69 Å². The molecule has 2 rings (SSSR count). The molecule has 0 fully saturated rings. The molecule has 0 heterocycles. The minimum atomic E-state index is -0.538. The summed E-state index contributed by atoms with van der Waals surface area (Å²) in [7, 11) is 0. The summed E-state index contributed by atoms with van der Waals surface area (Å²) < 4.78 is 18.8. The predicted molar refractivity (Wildman–Crippen MR) is 66.3 cm³/mol. The summed E-state index contributed by atoms with van der Waals surface area (Å²) in [5.41, 5.74) is 7.40. The largest absolute Gasteiger partial charge is 0.486 e. The van der Waals surface area contributed by atoms with Crippen LogP contribution in [0.5, 0.6) is 5.75 Å². The summed E-state index contributed by atoms with van der Waals surface area (Å²) in [5.74, 6) is -0.407. The minimum Gasteiger partial charge on any atom is -0.486 e. The van der Waals surface area contributed by atoms with E-state index in [1.807, 2.05) is 18.2 Å². The third-order valence-corrected chi connectivity index (χ3v) is 2.44.